The number of anilines is 2. The van der Waals surface area contributed by atoms with Crippen LogP contribution in [-0.2, 0) is 14.4 Å². The van der Waals surface area contributed by atoms with Crippen molar-refractivity contribution in [2.45, 2.75) is 25.2 Å². The number of benzene rings is 3. The number of rotatable bonds is 7. The Morgan fingerprint density at radius 1 is 0.789 bits per heavy atom. The van der Waals surface area contributed by atoms with Crippen molar-refractivity contribution in [3.63, 3.8) is 0 Å². The van der Waals surface area contributed by atoms with Gasteiger partial charge in [0.2, 0.25) is 17.7 Å². The quantitative estimate of drug-likeness (QED) is 0.319. The largest absolute Gasteiger partial charge is 0.339 e. The zero-order valence-corrected chi connectivity index (χ0v) is 20.4. The summed E-state index contributed by atoms with van der Waals surface area (Å²) in [5.74, 6) is -2.79. The van der Waals surface area contributed by atoms with E-state index in [1.54, 1.807) is 17.0 Å². The van der Waals surface area contributed by atoms with Gasteiger partial charge in [-0.3, -0.25) is 14.4 Å². The number of nitrogens with zero attached hydrogens (tertiary/aromatic N) is 1. The summed E-state index contributed by atoms with van der Waals surface area (Å²) in [5, 5.41) is 5.23. The Morgan fingerprint density at radius 3 is 1.92 bits per heavy atom. The van der Waals surface area contributed by atoms with Gasteiger partial charge in [0.05, 0.1) is 0 Å². The number of amides is 3. The van der Waals surface area contributed by atoms with Gasteiger partial charge >= 0.3 is 0 Å². The third-order valence-electron chi connectivity index (χ3n) is 6.29. The van der Waals surface area contributed by atoms with Crippen LogP contribution in [0, 0.1) is 17.5 Å². The van der Waals surface area contributed by atoms with Crippen molar-refractivity contribution < 1.29 is 27.6 Å². The van der Waals surface area contributed by atoms with E-state index in [0.717, 1.165) is 30.5 Å². The fourth-order valence-electron chi connectivity index (χ4n) is 4.26. The number of carbonyl (C=O) groups excluding carboxylic acids is 3. The number of hydrogen-bond acceptors (Lipinski definition) is 3. The van der Waals surface area contributed by atoms with E-state index >= 15 is 0 Å². The van der Waals surface area contributed by atoms with Gasteiger partial charge < -0.3 is 15.5 Å². The summed E-state index contributed by atoms with van der Waals surface area (Å²) in [7, 11) is 0. The molecule has 0 atom stereocenters. The molecule has 0 bridgehead atoms. The smallest absolute Gasteiger partial charge is 0.246 e. The Labute approximate surface area is 218 Å². The van der Waals surface area contributed by atoms with Crippen LogP contribution in [0.15, 0.2) is 72.8 Å². The molecule has 0 spiro atoms. The van der Waals surface area contributed by atoms with Gasteiger partial charge in [0.15, 0.2) is 0 Å². The maximum atomic E-state index is 13.8. The number of hydrogen-bond donors (Lipinski definition) is 2. The predicted molar refractivity (Wildman–Crippen MR) is 139 cm³/mol. The first-order valence-electron chi connectivity index (χ1n) is 12.1. The Morgan fingerprint density at radius 2 is 1.34 bits per heavy atom. The second kappa shape index (κ2) is 12.2. The molecule has 0 saturated carbocycles. The molecule has 6 nitrogen and oxygen atoms in total. The third-order valence-corrected chi connectivity index (χ3v) is 6.29. The molecule has 3 amide bonds. The van der Waals surface area contributed by atoms with Gasteiger partial charge in [0, 0.05) is 42.2 Å². The number of nitrogens with one attached hydrogen (secondary N) is 2. The SMILES string of the molecule is O=C(CC(=O)Nc1ccc(C2CCN(C(=O)/C=C/c3ccc(F)cc3F)CC2)cc1)Nc1ccc(F)cc1. The summed E-state index contributed by atoms with van der Waals surface area (Å²) < 4.78 is 39.8. The van der Waals surface area contributed by atoms with Crippen LogP contribution in [0.3, 0.4) is 0 Å². The molecule has 38 heavy (non-hydrogen) atoms. The molecule has 0 unspecified atom stereocenters. The van der Waals surface area contributed by atoms with Gasteiger partial charge in [0.25, 0.3) is 0 Å². The molecular formula is C29H26F3N3O3. The van der Waals surface area contributed by atoms with Crippen molar-refractivity contribution in [1.82, 2.24) is 4.90 Å². The molecule has 196 valence electrons. The molecule has 1 fully saturated rings. The molecule has 0 aliphatic carbocycles. The highest BCUT2D eigenvalue weighted by Crippen LogP contribution is 2.29. The Balaban J connectivity index is 1.23. The minimum atomic E-state index is -0.722. The highest BCUT2D eigenvalue weighted by molar-refractivity contribution is 6.08. The van der Waals surface area contributed by atoms with Gasteiger partial charge in [-0.2, -0.15) is 0 Å². The van der Waals surface area contributed by atoms with Crippen LogP contribution in [-0.4, -0.2) is 35.7 Å². The second-order valence-electron chi connectivity index (χ2n) is 9.00. The summed E-state index contributed by atoms with van der Waals surface area (Å²) in [6.45, 7) is 1.09. The van der Waals surface area contributed by atoms with E-state index in [9.17, 15) is 27.6 Å². The normalized spacial score (nSPS) is 13.9. The fraction of sp³-hybridized carbons (Fsp3) is 0.207. The molecule has 3 aromatic carbocycles. The molecule has 3 aromatic rings. The van der Waals surface area contributed by atoms with E-state index < -0.39 is 29.3 Å². The van der Waals surface area contributed by atoms with E-state index in [-0.39, 0.29) is 23.8 Å². The van der Waals surface area contributed by atoms with Gasteiger partial charge in [-0.25, -0.2) is 13.2 Å². The van der Waals surface area contributed by atoms with Gasteiger partial charge in [-0.1, -0.05) is 12.1 Å². The van der Waals surface area contributed by atoms with Crippen LogP contribution >= 0.6 is 0 Å². The van der Waals surface area contributed by atoms with Crippen LogP contribution in [0.4, 0.5) is 24.5 Å². The lowest BCUT2D eigenvalue weighted by molar-refractivity contribution is -0.127. The fourth-order valence-corrected chi connectivity index (χ4v) is 4.26. The molecule has 1 heterocycles. The van der Waals surface area contributed by atoms with Crippen LogP contribution in [0.2, 0.25) is 0 Å². The zero-order valence-electron chi connectivity index (χ0n) is 20.4. The molecular weight excluding hydrogens is 495 g/mol. The number of halogens is 3. The Bertz CT molecular complexity index is 1330. The standard InChI is InChI=1S/C29H26F3N3O3/c30-22-6-10-25(11-7-22)34-28(37)18-27(36)33-24-8-2-19(3-9-24)20-13-15-35(16-14-20)29(38)12-4-21-1-5-23(31)17-26(21)32/h1-12,17,20H,13-16,18H2,(H,33,36)(H,34,37)/b12-4+. The van der Waals surface area contributed by atoms with Crippen molar-refractivity contribution in [2.75, 3.05) is 23.7 Å². The summed E-state index contributed by atoms with van der Waals surface area (Å²) in [6.07, 6.45) is 3.77. The third kappa shape index (κ3) is 7.32. The van der Waals surface area contributed by atoms with Crippen molar-refractivity contribution in [3.8, 4) is 0 Å². The lowest BCUT2D eigenvalue weighted by Crippen LogP contribution is -2.36. The summed E-state index contributed by atoms with van der Waals surface area (Å²) >= 11 is 0. The van der Waals surface area contributed by atoms with Gasteiger partial charge in [0.1, 0.15) is 23.9 Å². The lowest BCUT2D eigenvalue weighted by atomic mass is 9.89. The van der Waals surface area contributed by atoms with E-state index in [4.69, 9.17) is 0 Å². The van der Waals surface area contributed by atoms with E-state index in [1.807, 2.05) is 12.1 Å². The van der Waals surface area contributed by atoms with E-state index in [0.29, 0.717) is 24.5 Å². The lowest BCUT2D eigenvalue weighted by Gasteiger charge is -2.31. The van der Waals surface area contributed by atoms with Crippen molar-refractivity contribution >= 4 is 35.2 Å². The first-order valence-corrected chi connectivity index (χ1v) is 12.1. The molecule has 1 saturated heterocycles. The highest BCUT2D eigenvalue weighted by atomic mass is 19.1. The number of likely N-dealkylation sites (tertiary alicyclic amines) is 1. The predicted octanol–water partition coefficient (Wildman–Crippen LogP) is 5.49. The minimum absolute atomic E-state index is 0.148. The monoisotopic (exact) mass is 521 g/mol. The van der Waals surface area contributed by atoms with Gasteiger partial charge in [-0.15, -0.1) is 0 Å². The van der Waals surface area contributed by atoms with Gasteiger partial charge in [-0.05, 0) is 78.9 Å². The zero-order chi connectivity index (χ0) is 27.1. The van der Waals surface area contributed by atoms with Crippen molar-refractivity contribution in [2.24, 2.45) is 0 Å². The van der Waals surface area contributed by atoms with Crippen LogP contribution in [0.1, 0.15) is 36.3 Å². The summed E-state index contributed by atoms with van der Waals surface area (Å²) in [5.41, 5.74) is 2.18. The first kappa shape index (κ1) is 26.7. The first-order chi connectivity index (χ1) is 18.3. The summed E-state index contributed by atoms with van der Waals surface area (Å²) in [4.78, 5) is 38.4. The molecule has 0 radical (unpaired) electrons. The van der Waals surface area contributed by atoms with Crippen LogP contribution in [0.25, 0.3) is 6.08 Å². The molecule has 1 aliphatic rings. The number of piperidine rings is 1. The van der Waals surface area contributed by atoms with E-state index in [2.05, 4.69) is 10.6 Å². The molecule has 2 N–H and O–H groups in total. The molecule has 9 heteroatoms. The average Bonchev–Trinajstić information content (AvgIpc) is 2.90. The highest BCUT2D eigenvalue weighted by Gasteiger charge is 2.23. The molecule has 1 aliphatic heterocycles. The molecule has 4 rings (SSSR count). The Hall–Kier alpha value is -4.40. The topological polar surface area (TPSA) is 78.5 Å². The average molecular weight is 522 g/mol. The van der Waals surface area contributed by atoms with Crippen LogP contribution < -0.4 is 10.6 Å². The van der Waals surface area contributed by atoms with E-state index in [1.165, 1.54) is 42.5 Å². The van der Waals surface area contributed by atoms with Crippen molar-refractivity contribution in [1.29, 1.82) is 0 Å². The maximum Gasteiger partial charge on any atom is 0.246 e. The Kier molecular flexibility index (Phi) is 8.58. The van der Waals surface area contributed by atoms with Crippen LogP contribution in [0.5, 0.6) is 0 Å². The van der Waals surface area contributed by atoms with Crippen molar-refractivity contribution in [3.05, 3.63) is 101 Å². The maximum absolute atomic E-state index is 13.8. The second-order valence-corrected chi connectivity index (χ2v) is 9.00. The minimum Gasteiger partial charge on any atom is -0.339 e. The number of carbonyl (C=O) groups is 3. The summed E-state index contributed by atoms with van der Waals surface area (Å²) in [6, 6.07) is 15.8. The molecule has 0 aromatic heterocycles.